The summed E-state index contributed by atoms with van der Waals surface area (Å²) in [6, 6.07) is -0.988. The van der Waals surface area contributed by atoms with Crippen molar-refractivity contribution in [3.05, 3.63) is 34.6 Å². The quantitative estimate of drug-likeness (QED) is 0.286. The van der Waals surface area contributed by atoms with Crippen LogP contribution < -0.4 is 5.32 Å². The molecule has 1 atom stereocenters. The molecule has 104 valence electrons. The van der Waals surface area contributed by atoms with E-state index < -0.39 is 40.7 Å². The van der Waals surface area contributed by atoms with Gasteiger partial charge in [0.15, 0.2) is 23.3 Å². The van der Waals surface area contributed by atoms with Gasteiger partial charge in [-0.05, 0) is 19.9 Å². The average Bonchev–Trinajstić information content (AvgIpc) is 2.41. The second kappa shape index (κ2) is 6.53. The summed E-state index contributed by atoms with van der Waals surface area (Å²) in [4.78, 5) is 0. The SMILES string of the molecule is C#CCCCC(NC)c1c(F)c(F)c(F)c(F)c1F. The van der Waals surface area contributed by atoms with E-state index >= 15 is 0 Å². The third-order valence-electron chi connectivity index (χ3n) is 2.75. The third-order valence-corrected chi connectivity index (χ3v) is 2.75. The maximum atomic E-state index is 13.5. The van der Waals surface area contributed by atoms with E-state index in [0.29, 0.717) is 12.8 Å². The van der Waals surface area contributed by atoms with Gasteiger partial charge in [-0.1, -0.05) is 0 Å². The van der Waals surface area contributed by atoms with Gasteiger partial charge in [-0.15, -0.1) is 12.3 Å². The number of unbranched alkanes of at least 4 members (excludes halogenated alkanes) is 1. The summed E-state index contributed by atoms with van der Waals surface area (Å²) in [5.74, 6) is -7.31. The second-order valence-electron chi connectivity index (χ2n) is 3.92. The van der Waals surface area contributed by atoms with Crippen LogP contribution in [0.5, 0.6) is 0 Å². The van der Waals surface area contributed by atoms with Crippen LogP contribution >= 0.6 is 0 Å². The van der Waals surface area contributed by atoms with Crippen molar-refractivity contribution in [1.82, 2.24) is 5.32 Å². The van der Waals surface area contributed by atoms with Crippen LogP contribution in [0.2, 0.25) is 0 Å². The Hall–Kier alpha value is -1.61. The Labute approximate surface area is 107 Å². The minimum absolute atomic E-state index is 0.166. The number of hydrogen-bond acceptors (Lipinski definition) is 1. The van der Waals surface area contributed by atoms with E-state index in [1.807, 2.05) is 0 Å². The molecule has 0 saturated carbocycles. The Morgan fingerprint density at radius 2 is 1.47 bits per heavy atom. The zero-order chi connectivity index (χ0) is 14.6. The molecule has 0 saturated heterocycles. The fraction of sp³-hybridized carbons (Fsp3) is 0.385. The topological polar surface area (TPSA) is 12.0 Å². The van der Waals surface area contributed by atoms with Crippen LogP contribution in [0.3, 0.4) is 0 Å². The molecule has 0 aliphatic carbocycles. The van der Waals surface area contributed by atoms with Gasteiger partial charge >= 0.3 is 0 Å². The molecule has 1 nitrogen and oxygen atoms in total. The largest absolute Gasteiger partial charge is 0.313 e. The molecule has 0 aliphatic rings. The smallest absolute Gasteiger partial charge is 0.200 e. The van der Waals surface area contributed by atoms with Gasteiger partial charge < -0.3 is 5.32 Å². The van der Waals surface area contributed by atoms with Crippen molar-refractivity contribution < 1.29 is 22.0 Å². The normalized spacial score (nSPS) is 12.3. The number of hydrogen-bond donors (Lipinski definition) is 1. The number of halogens is 5. The Bertz CT molecular complexity index is 478. The van der Waals surface area contributed by atoms with Gasteiger partial charge in [-0.3, -0.25) is 0 Å². The van der Waals surface area contributed by atoms with Gasteiger partial charge in [0.25, 0.3) is 0 Å². The van der Waals surface area contributed by atoms with E-state index in [9.17, 15) is 22.0 Å². The van der Waals surface area contributed by atoms with Crippen molar-refractivity contribution in [3.63, 3.8) is 0 Å². The Kier molecular flexibility index (Phi) is 5.31. The van der Waals surface area contributed by atoms with Gasteiger partial charge in [0, 0.05) is 18.0 Å². The summed E-state index contributed by atoms with van der Waals surface area (Å²) < 4.78 is 66.1. The summed E-state index contributed by atoms with van der Waals surface area (Å²) in [6.07, 6.45) is 5.96. The van der Waals surface area contributed by atoms with Crippen molar-refractivity contribution in [2.45, 2.75) is 25.3 Å². The molecule has 1 aromatic rings. The van der Waals surface area contributed by atoms with Gasteiger partial charge in [-0.2, -0.15) is 0 Å². The van der Waals surface area contributed by atoms with Crippen LogP contribution in [0.4, 0.5) is 22.0 Å². The molecule has 0 fully saturated rings. The van der Waals surface area contributed by atoms with Crippen LogP contribution in [-0.2, 0) is 0 Å². The van der Waals surface area contributed by atoms with Crippen LogP contribution in [-0.4, -0.2) is 7.05 Å². The van der Waals surface area contributed by atoms with Crippen LogP contribution in [0.1, 0.15) is 30.9 Å². The molecule has 0 heterocycles. The lowest BCUT2D eigenvalue weighted by molar-refractivity contribution is 0.354. The summed E-state index contributed by atoms with van der Waals surface area (Å²) >= 11 is 0. The molecule has 6 heteroatoms. The van der Waals surface area contributed by atoms with Gasteiger partial charge in [0.05, 0.1) is 0 Å². The van der Waals surface area contributed by atoms with Gasteiger partial charge in [-0.25, -0.2) is 22.0 Å². The lowest BCUT2D eigenvalue weighted by Crippen LogP contribution is -2.21. The summed E-state index contributed by atoms with van der Waals surface area (Å²) in [5, 5.41) is 2.53. The molecule has 0 spiro atoms. The fourth-order valence-corrected chi connectivity index (χ4v) is 1.77. The molecule has 0 bridgehead atoms. The fourth-order valence-electron chi connectivity index (χ4n) is 1.77. The zero-order valence-electron chi connectivity index (χ0n) is 10.2. The van der Waals surface area contributed by atoms with Gasteiger partial charge in [0.1, 0.15) is 0 Å². The van der Waals surface area contributed by atoms with E-state index in [-0.39, 0.29) is 6.42 Å². The van der Waals surface area contributed by atoms with E-state index in [4.69, 9.17) is 6.42 Å². The predicted molar refractivity (Wildman–Crippen MR) is 60.7 cm³/mol. The molecule has 1 rings (SSSR count). The predicted octanol–water partition coefficient (Wildman–Crippen LogP) is 3.45. The van der Waals surface area contributed by atoms with Crippen molar-refractivity contribution in [2.24, 2.45) is 0 Å². The number of benzene rings is 1. The minimum atomic E-state index is -2.16. The lowest BCUT2D eigenvalue weighted by Gasteiger charge is -2.18. The summed E-state index contributed by atoms with van der Waals surface area (Å²) in [6.45, 7) is 0. The highest BCUT2D eigenvalue weighted by atomic mass is 19.2. The second-order valence-corrected chi connectivity index (χ2v) is 3.92. The third kappa shape index (κ3) is 3.04. The van der Waals surface area contributed by atoms with E-state index in [1.54, 1.807) is 0 Å². The maximum Gasteiger partial charge on any atom is 0.200 e. The molecule has 1 aromatic carbocycles. The zero-order valence-corrected chi connectivity index (χ0v) is 10.2. The van der Waals surface area contributed by atoms with Crippen LogP contribution in [0.25, 0.3) is 0 Å². The van der Waals surface area contributed by atoms with E-state index in [2.05, 4.69) is 11.2 Å². The average molecular weight is 277 g/mol. The molecule has 0 aromatic heterocycles. The molecular weight excluding hydrogens is 265 g/mol. The molecular formula is C13H12F5N. The van der Waals surface area contributed by atoms with Gasteiger partial charge in [0.2, 0.25) is 5.82 Å². The Morgan fingerprint density at radius 1 is 1.00 bits per heavy atom. The highest BCUT2D eigenvalue weighted by Crippen LogP contribution is 2.30. The lowest BCUT2D eigenvalue weighted by atomic mass is 9.99. The first-order chi connectivity index (χ1) is 8.95. The number of rotatable bonds is 5. The Balaban J connectivity index is 3.21. The van der Waals surface area contributed by atoms with Crippen molar-refractivity contribution >= 4 is 0 Å². The van der Waals surface area contributed by atoms with Crippen molar-refractivity contribution in [1.29, 1.82) is 0 Å². The monoisotopic (exact) mass is 277 g/mol. The molecule has 0 amide bonds. The maximum absolute atomic E-state index is 13.5. The standard InChI is InChI=1S/C13H12F5N/c1-3-4-5-6-7(19-2)8-9(14)11(16)13(18)12(17)10(8)15/h1,7,19H,4-6H2,2H3. The minimum Gasteiger partial charge on any atom is -0.313 e. The Morgan fingerprint density at radius 3 is 1.89 bits per heavy atom. The first-order valence-electron chi connectivity index (χ1n) is 5.57. The highest BCUT2D eigenvalue weighted by Gasteiger charge is 2.29. The van der Waals surface area contributed by atoms with Crippen molar-refractivity contribution in [3.8, 4) is 12.3 Å². The molecule has 0 aliphatic heterocycles. The molecule has 1 unspecified atom stereocenters. The van der Waals surface area contributed by atoms with E-state index in [1.165, 1.54) is 7.05 Å². The first kappa shape index (κ1) is 15.4. The van der Waals surface area contributed by atoms with Crippen LogP contribution in [0, 0.1) is 41.4 Å². The number of terminal acetylenes is 1. The highest BCUT2D eigenvalue weighted by molar-refractivity contribution is 5.27. The molecule has 0 radical (unpaired) electrons. The summed E-state index contributed by atoms with van der Waals surface area (Å²) in [5.41, 5.74) is -0.851. The van der Waals surface area contributed by atoms with Crippen LogP contribution in [0.15, 0.2) is 0 Å². The van der Waals surface area contributed by atoms with E-state index in [0.717, 1.165) is 0 Å². The summed E-state index contributed by atoms with van der Waals surface area (Å²) in [7, 11) is 1.37. The number of nitrogens with one attached hydrogen (secondary N) is 1. The molecule has 1 N–H and O–H groups in total. The van der Waals surface area contributed by atoms with Crippen molar-refractivity contribution in [2.75, 3.05) is 7.05 Å². The first-order valence-corrected chi connectivity index (χ1v) is 5.57. The molecule has 19 heavy (non-hydrogen) atoms.